The van der Waals surface area contributed by atoms with Crippen LogP contribution in [0.15, 0.2) is 23.4 Å². The summed E-state index contributed by atoms with van der Waals surface area (Å²) in [5.74, 6) is -0.926. The van der Waals surface area contributed by atoms with Crippen molar-refractivity contribution in [3.05, 3.63) is 29.3 Å². The summed E-state index contributed by atoms with van der Waals surface area (Å²) in [6, 6.07) is 4.20. The maximum Gasteiger partial charge on any atom is 0.339 e. The fourth-order valence-corrected chi connectivity index (χ4v) is 1.18. The third-order valence-electron chi connectivity index (χ3n) is 1.76. The standard InChI is InChI=1S/C9H8ClNO4/c1-15-7-3-2-5(8(10)11-14)4-6(7)9(12)13/h2-4,14H,1H3,(H,12,13)/b11-8+. The first kappa shape index (κ1) is 11.3. The summed E-state index contributed by atoms with van der Waals surface area (Å²) in [7, 11) is 1.36. The van der Waals surface area contributed by atoms with E-state index in [0.29, 0.717) is 5.56 Å². The largest absolute Gasteiger partial charge is 0.496 e. The molecule has 80 valence electrons. The number of carboxylic acids is 1. The van der Waals surface area contributed by atoms with Crippen LogP contribution in [0.2, 0.25) is 0 Å². The highest BCUT2D eigenvalue weighted by molar-refractivity contribution is 6.69. The van der Waals surface area contributed by atoms with Crippen LogP contribution in [0.3, 0.4) is 0 Å². The van der Waals surface area contributed by atoms with Gasteiger partial charge in [0.2, 0.25) is 0 Å². The molecule has 0 atom stereocenters. The SMILES string of the molecule is COc1ccc(/C(Cl)=N\O)cc1C(=O)O. The van der Waals surface area contributed by atoms with Gasteiger partial charge in [-0.05, 0) is 18.2 Å². The average Bonchev–Trinajstić information content (AvgIpc) is 2.27. The van der Waals surface area contributed by atoms with Crippen LogP contribution in [0, 0.1) is 0 Å². The third-order valence-corrected chi connectivity index (χ3v) is 2.05. The van der Waals surface area contributed by atoms with Crippen molar-refractivity contribution >= 4 is 22.7 Å². The first-order chi connectivity index (χ1) is 7.10. The Bertz CT molecular complexity index is 417. The van der Waals surface area contributed by atoms with Crippen LogP contribution in [0.25, 0.3) is 0 Å². The lowest BCUT2D eigenvalue weighted by molar-refractivity contribution is 0.0693. The Morgan fingerprint density at radius 1 is 1.53 bits per heavy atom. The first-order valence-corrected chi connectivity index (χ1v) is 4.27. The molecule has 0 heterocycles. The van der Waals surface area contributed by atoms with E-state index in [9.17, 15) is 4.79 Å². The van der Waals surface area contributed by atoms with Gasteiger partial charge in [-0.2, -0.15) is 0 Å². The van der Waals surface area contributed by atoms with Gasteiger partial charge in [-0.25, -0.2) is 4.79 Å². The smallest absolute Gasteiger partial charge is 0.339 e. The van der Waals surface area contributed by atoms with Gasteiger partial charge < -0.3 is 15.1 Å². The Labute approximate surface area is 90.5 Å². The number of carboxylic acid groups (broad SMARTS) is 1. The molecule has 0 aliphatic carbocycles. The molecule has 2 N–H and O–H groups in total. The number of oxime groups is 1. The number of benzene rings is 1. The summed E-state index contributed by atoms with van der Waals surface area (Å²) in [4.78, 5) is 10.8. The number of hydrogen-bond acceptors (Lipinski definition) is 4. The molecule has 0 bridgehead atoms. The van der Waals surface area contributed by atoms with Crippen LogP contribution in [-0.4, -0.2) is 28.6 Å². The topological polar surface area (TPSA) is 79.1 Å². The van der Waals surface area contributed by atoms with Crippen LogP contribution in [0.4, 0.5) is 0 Å². The van der Waals surface area contributed by atoms with Crippen molar-refractivity contribution in [3.63, 3.8) is 0 Å². The molecule has 0 fully saturated rings. The molecule has 0 amide bonds. The molecule has 0 saturated heterocycles. The lowest BCUT2D eigenvalue weighted by Crippen LogP contribution is -2.03. The Kier molecular flexibility index (Phi) is 3.51. The number of ether oxygens (including phenoxy) is 1. The summed E-state index contributed by atoms with van der Waals surface area (Å²) < 4.78 is 4.85. The van der Waals surface area contributed by atoms with E-state index in [0.717, 1.165) is 0 Å². The van der Waals surface area contributed by atoms with E-state index in [1.807, 2.05) is 0 Å². The van der Waals surface area contributed by atoms with E-state index in [-0.39, 0.29) is 16.5 Å². The van der Waals surface area contributed by atoms with E-state index in [1.165, 1.54) is 25.3 Å². The van der Waals surface area contributed by atoms with E-state index in [4.69, 9.17) is 26.7 Å². The molecule has 1 rings (SSSR count). The van der Waals surface area contributed by atoms with Crippen molar-refractivity contribution in [1.29, 1.82) is 0 Å². The molecule has 0 spiro atoms. The monoisotopic (exact) mass is 229 g/mol. The minimum absolute atomic E-state index is 0.0446. The summed E-state index contributed by atoms with van der Waals surface area (Å²) in [6.45, 7) is 0. The molecule has 15 heavy (non-hydrogen) atoms. The Morgan fingerprint density at radius 3 is 2.67 bits per heavy atom. The molecular weight excluding hydrogens is 222 g/mol. The number of nitrogens with zero attached hydrogens (tertiary/aromatic N) is 1. The quantitative estimate of drug-likeness (QED) is 0.470. The zero-order valence-electron chi connectivity index (χ0n) is 7.77. The average molecular weight is 230 g/mol. The van der Waals surface area contributed by atoms with Gasteiger partial charge in [-0.15, -0.1) is 0 Å². The minimum Gasteiger partial charge on any atom is -0.496 e. The summed E-state index contributed by atoms with van der Waals surface area (Å²) in [5, 5.41) is 19.9. The molecule has 1 aromatic rings. The van der Waals surface area contributed by atoms with Crippen molar-refractivity contribution in [2.24, 2.45) is 5.16 Å². The molecule has 0 aliphatic rings. The molecule has 0 aliphatic heterocycles. The normalized spacial score (nSPS) is 11.2. The summed E-state index contributed by atoms with van der Waals surface area (Å²) in [5.41, 5.74) is 0.258. The van der Waals surface area contributed by atoms with Gasteiger partial charge in [0.1, 0.15) is 11.3 Å². The lowest BCUT2D eigenvalue weighted by atomic mass is 10.1. The predicted octanol–water partition coefficient (Wildman–Crippen LogP) is 1.77. The van der Waals surface area contributed by atoms with Gasteiger partial charge in [-0.1, -0.05) is 16.8 Å². The molecule has 0 aromatic heterocycles. The van der Waals surface area contributed by atoms with E-state index in [1.54, 1.807) is 0 Å². The van der Waals surface area contributed by atoms with Gasteiger partial charge in [0.15, 0.2) is 5.17 Å². The molecular formula is C9H8ClNO4. The number of carbonyl (C=O) groups is 1. The van der Waals surface area contributed by atoms with E-state index in [2.05, 4.69) is 5.16 Å². The number of aromatic carboxylic acids is 1. The zero-order chi connectivity index (χ0) is 11.4. The van der Waals surface area contributed by atoms with Crippen LogP contribution >= 0.6 is 11.6 Å². The highest BCUT2D eigenvalue weighted by atomic mass is 35.5. The number of methoxy groups -OCH3 is 1. The van der Waals surface area contributed by atoms with Crippen LogP contribution in [0.1, 0.15) is 15.9 Å². The lowest BCUT2D eigenvalue weighted by Gasteiger charge is -2.05. The molecule has 5 nitrogen and oxygen atoms in total. The Balaban J connectivity index is 3.28. The van der Waals surface area contributed by atoms with Crippen molar-refractivity contribution < 1.29 is 19.8 Å². The maximum atomic E-state index is 10.8. The van der Waals surface area contributed by atoms with Gasteiger partial charge in [0.25, 0.3) is 0 Å². The fourth-order valence-electron chi connectivity index (χ4n) is 1.06. The minimum atomic E-state index is -1.14. The van der Waals surface area contributed by atoms with Gasteiger partial charge in [-0.3, -0.25) is 0 Å². The fraction of sp³-hybridized carbons (Fsp3) is 0.111. The van der Waals surface area contributed by atoms with Crippen LogP contribution in [0.5, 0.6) is 5.75 Å². The van der Waals surface area contributed by atoms with Crippen molar-refractivity contribution in [2.75, 3.05) is 7.11 Å². The Morgan fingerprint density at radius 2 is 2.20 bits per heavy atom. The molecule has 1 aromatic carbocycles. The second-order valence-electron chi connectivity index (χ2n) is 2.61. The summed E-state index contributed by atoms with van der Waals surface area (Å²) >= 11 is 5.53. The van der Waals surface area contributed by atoms with E-state index >= 15 is 0 Å². The molecule has 6 heteroatoms. The third kappa shape index (κ3) is 2.38. The van der Waals surface area contributed by atoms with Crippen LogP contribution < -0.4 is 4.74 Å². The Hall–Kier alpha value is -1.75. The van der Waals surface area contributed by atoms with E-state index < -0.39 is 5.97 Å². The second kappa shape index (κ2) is 4.65. The predicted molar refractivity (Wildman–Crippen MR) is 54.1 cm³/mol. The molecule has 0 saturated carbocycles. The van der Waals surface area contributed by atoms with Gasteiger partial charge in [0, 0.05) is 5.56 Å². The number of hydrogen-bond donors (Lipinski definition) is 2. The van der Waals surface area contributed by atoms with Crippen LogP contribution in [-0.2, 0) is 0 Å². The highest BCUT2D eigenvalue weighted by Gasteiger charge is 2.13. The highest BCUT2D eigenvalue weighted by Crippen LogP contribution is 2.20. The van der Waals surface area contributed by atoms with Crippen molar-refractivity contribution in [3.8, 4) is 5.75 Å². The molecule has 0 radical (unpaired) electrons. The number of halogens is 1. The maximum absolute atomic E-state index is 10.8. The van der Waals surface area contributed by atoms with Gasteiger partial charge in [0.05, 0.1) is 7.11 Å². The van der Waals surface area contributed by atoms with Gasteiger partial charge >= 0.3 is 5.97 Å². The first-order valence-electron chi connectivity index (χ1n) is 3.89. The second-order valence-corrected chi connectivity index (χ2v) is 2.97. The van der Waals surface area contributed by atoms with Crippen molar-refractivity contribution in [2.45, 2.75) is 0 Å². The molecule has 0 unspecified atom stereocenters. The zero-order valence-corrected chi connectivity index (χ0v) is 8.52. The number of rotatable bonds is 3. The summed E-state index contributed by atoms with van der Waals surface area (Å²) in [6.07, 6.45) is 0. The van der Waals surface area contributed by atoms with Crippen molar-refractivity contribution in [1.82, 2.24) is 0 Å².